The quantitative estimate of drug-likeness (QED) is 0.687. The summed E-state index contributed by atoms with van der Waals surface area (Å²) in [6.07, 6.45) is 3.08. The SMILES string of the molecule is CCC(C)NC(=O)C(C)NCC(C)CSC. The normalized spacial score (nSPS) is 16.6. The minimum absolute atomic E-state index is 0.0988. The number of rotatable bonds is 8. The minimum Gasteiger partial charge on any atom is -0.352 e. The zero-order chi connectivity index (χ0) is 12.6. The Balaban J connectivity index is 3.78. The van der Waals surface area contributed by atoms with Crippen LogP contribution in [0.5, 0.6) is 0 Å². The molecule has 1 amide bonds. The maximum atomic E-state index is 11.7. The van der Waals surface area contributed by atoms with Gasteiger partial charge in [0.15, 0.2) is 0 Å². The molecule has 0 fully saturated rings. The van der Waals surface area contributed by atoms with Gasteiger partial charge in [-0.25, -0.2) is 0 Å². The van der Waals surface area contributed by atoms with E-state index in [4.69, 9.17) is 0 Å². The Morgan fingerprint density at radius 2 is 1.94 bits per heavy atom. The molecule has 0 aliphatic rings. The van der Waals surface area contributed by atoms with Crippen molar-refractivity contribution >= 4 is 17.7 Å². The molecule has 0 aromatic rings. The van der Waals surface area contributed by atoms with E-state index in [1.54, 1.807) is 0 Å². The highest BCUT2D eigenvalue weighted by Gasteiger charge is 2.14. The van der Waals surface area contributed by atoms with Crippen LogP contribution in [0.3, 0.4) is 0 Å². The van der Waals surface area contributed by atoms with Crippen molar-refractivity contribution < 1.29 is 4.79 Å². The predicted molar refractivity (Wildman–Crippen MR) is 72.9 cm³/mol. The average Bonchev–Trinajstić information content (AvgIpc) is 2.25. The van der Waals surface area contributed by atoms with Crippen molar-refractivity contribution in [1.29, 1.82) is 0 Å². The molecular formula is C12H26N2OS. The fourth-order valence-electron chi connectivity index (χ4n) is 1.28. The maximum Gasteiger partial charge on any atom is 0.237 e. The van der Waals surface area contributed by atoms with Gasteiger partial charge in [0.25, 0.3) is 0 Å². The number of carbonyl (C=O) groups is 1. The Labute approximate surface area is 104 Å². The van der Waals surface area contributed by atoms with Crippen LogP contribution < -0.4 is 10.6 Å². The second-order valence-electron chi connectivity index (χ2n) is 4.51. The van der Waals surface area contributed by atoms with E-state index in [1.165, 1.54) is 0 Å². The van der Waals surface area contributed by atoms with Gasteiger partial charge in [-0.15, -0.1) is 0 Å². The summed E-state index contributed by atoms with van der Waals surface area (Å²) in [4.78, 5) is 11.7. The Bertz CT molecular complexity index is 199. The molecule has 0 heterocycles. The zero-order valence-corrected chi connectivity index (χ0v) is 12.0. The monoisotopic (exact) mass is 246 g/mol. The molecule has 0 aliphatic heterocycles. The summed E-state index contributed by atoms with van der Waals surface area (Å²) in [6, 6.07) is 0.165. The number of thioether (sulfide) groups is 1. The van der Waals surface area contributed by atoms with Crippen molar-refractivity contribution in [3.8, 4) is 0 Å². The highest BCUT2D eigenvalue weighted by molar-refractivity contribution is 7.98. The van der Waals surface area contributed by atoms with Gasteiger partial charge in [-0.05, 0) is 44.7 Å². The third kappa shape index (κ3) is 7.12. The van der Waals surface area contributed by atoms with Crippen LogP contribution in [0, 0.1) is 5.92 Å². The molecule has 0 aromatic carbocycles. The van der Waals surface area contributed by atoms with Crippen molar-refractivity contribution in [2.75, 3.05) is 18.6 Å². The van der Waals surface area contributed by atoms with Gasteiger partial charge in [0.2, 0.25) is 5.91 Å². The molecule has 0 rings (SSSR count). The highest BCUT2D eigenvalue weighted by atomic mass is 32.2. The lowest BCUT2D eigenvalue weighted by molar-refractivity contribution is -0.123. The molecular weight excluding hydrogens is 220 g/mol. The minimum atomic E-state index is -0.0988. The lowest BCUT2D eigenvalue weighted by Gasteiger charge is -2.19. The highest BCUT2D eigenvalue weighted by Crippen LogP contribution is 2.03. The predicted octanol–water partition coefficient (Wildman–Crippen LogP) is 1.88. The standard InChI is InChI=1S/C12H26N2OS/c1-6-10(3)14-12(15)11(4)13-7-9(2)8-16-5/h9-11,13H,6-8H2,1-5H3,(H,14,15). The summed E-state index contributed by atoms with van der Waals surface area (Å²) >= 11 is 1.84. The summed E-state index contributed by atoms with van der Waals surface area (Å²) in [6.45, 7) is 9.12. The second kappa shape index (κ2) is 8.88. The first-order valence-electron chi connectivity index (χ1n) is 6.03. The molecule has 4 heteroatoms. The van der Waals surface area contributed by atoms with E-state index in [0.717, 1.165) is 18.7 Å². The number of amides is 1. The molecule has 3 unspecified atom stereocenters. The third-order valence-electron chi connectivity index (χ3n) is 2.62. The van der Waals surface area contributed by atoms with Crippen molar-refractivity contribution in [2.24, 2.45) is 5.92 Å². The largest absolute Gasteiger partial charge is 0.352 e. The first-order chi connectivity index (χ1) is 7.51. The molecule has 16 heavy (non-hydrogen) atoms. The number of carbonyl (C=O) groups excluding carboxylic acids is 1. The molecule has 96 valence electrons. The van der Waals surface area contributed by atoms with Crippen LogP contribution in [-0.4, -0.2) is 36.5 Å². The van der Waals surface area contributed by atoms with Crippen LogP contribution in [-0.2, 0) is 4.79 Å². The Hall–Kier alpha value is -0.220. The van der Waals surface area contributed by atoms with E-state index in [9.17, 15) is 4.79 Å². The number of hydrogen-bond acceptors (Lipinski definition) is 3. The van der Waals surface area contributed by atoms with E-state index in [1.807, 2.05) is 25.6 Å². The first kappa shape index (κ1) is 15.8. The van der Waals surface area contributed by atoms with E-state index in [-0.39, 0.29) is 18.0 Å². The Morgan fingerprint density at radius 1 is 1.31 bits per heavy atom. The van der Waals surface area contributed by atoms with Gasteiger partial charge < -0.3 is 10.6 Å². The molecule has 0 radical (unpaired) electrons. The van der Waals surface area contributed by atoms with Crippen LogP contribution in [0.4, 0.5) is 0 Å². The summed E-state index contributed by atoms with van der Waals surface area (Å²) in [5, 5.41) is 6.25. The summed E-state index contributed by atoms with van der Waals surface area (Å²) in [7, 11) is 0. The smallest absolute Gasteiger partial charge is 0.237 e. The lowest BCUT2D eigenvalue weighted by Crippen LogP contribution is -2.46. The molecule has 0 aliphatic carbocycles. The van der Waals surface area contributed by atoms with Gasteiger partial charge in [0.1, 0.15) is 0 Å². The molecule has 3 nitrogen and oxygen atoms in total. The van der Waals surface area contributed by atoms with E-state index < -0.39 is 0 Å². The van der Waals surface area contributed by atoms with Gasteiger partial charge in [-0.2, -0.15) is 11.8 Å². The molecule has 3 atom stereocenters. The summed E-state index contributed by atoms with van der Waals surface area (Å²) in [5.41, 5.74) is 0. The number of hydrogen-bond donors (Lipinski definition) is 2. The summed E-state index contributed by atoms with van der Waals surface area (Å²) in [5.74, 6) is 1.84. The molecule has 0 aromatic heterocycles. The van der Waals surface area contributed by atoms with Crippen LogP contribution in [0.25, 0.3) is 0 Å². The van der Waals surface area contributed by atoms with Gasteiger partial charge in [-0.3, -0.25) is 4.79 Å². The van der Waals surface area contributed by atoms with Crippen LogP contribution in [0.1, 0.15) is 34.1 Å². The molecule has 0 saturated carbocycles. The van der Waals surface area contributed by atoms with Gasteiger partial charge in [0, 0.05) is 6.04 Å². The second-order valence-corrected chi connectivity index (χ2v) is 5.42. The third-order valence-corrected chi connectivity index (χ3v) is 3.52. The molecule has 0 bridgehead atoms. The topological polar surface area (TPSA) is 41.1 Å². The molecule has 0 saturated heterocycles. The maximum absolute atomic E-state index is 11.7. The Morgan fingerprint density at radius 3 is 2.44 bits per heavy atom. The van der Waals surface area contributed by atoms with Gasteiger partial charge in [-0.1, -0.05) is 13.8 Å². The van der Waals surface area contributed by atoms with Crippen molar-refractivity contribution in [2.45, 2.75) is 46.2 Å². The average molecular weight is 246 g/mol. The fourth-order valence-corrected chi connectivity index (χ4v) is 1.97. The van der Waals surface area contributed by atoms with Crippen LogP contribution in [0.15, 0.2) is 0 Å². The number of nitrogens with one attached hydrogen (secondary N) is 2. The molecule has 2 N–H and O–H groups in total. The Kier molecular flexibility index (Phi) is 8.76. The zero-order valence-electron chi connectivity index (χ0n) is 11.2. The first-order valence-corrected chi connectivity index (χ1v) is 7.43. The van der Waals surface area contributed by atoms with Crippen molar-refractivity contribution in [3.63, 3.8) is 0 Å². The van der Waals surface area contributed by atoms with Gasteiger partial charge in [0.05, 0.1) is 6.04 Å². The lowest BCUT2D eigenvalue weighted by atomic mass is 10.2. The van der Waals surface area contributed by atoms with Crippen LogP contribution >= 0.6 is 11.8 Å². The van der Waals surface area contributed by atoms with E-state index in [0.29, 0.717) is 5.92 Å². The van der Waals surface area contributed by atoms with E-state index in [2.05, 4.69) is 30.7 Å². The fraction of sp³-hybridized carbons (Fsp3) is 0.917. The molecule has 0 spiro atoms. The van der Waals surface area contributed by atoms with Crippen molar-refractivity contribution in [1.82, 2.24) is 10.6 Å². The van der Waals surface area contributed by atoms with E-state index >= 15 is 0 Å². The van der Waals surface area contributed by atoms with Gasteiger partial charge >= 0.3 is 0 Å². The van der Waals surface area contributed by atoms with Crippen LogP contribution in [0.2, 0.25) is 0 Å². The van der Waals surface area contributed by atoms with Crippen molar-refractivity contribution in [3.05, 3.63) is 0 Å². The summed E-state index contributed by atoms with van der Waals surface area (Å²) < 4.78 is 0.